The van der Waals surface area contributed by atoms with E-state index in [9.17, 15) is 9.59 Å². The average Bonchev–Trinajstić information content (AvgIpc) is 2.75. The quantitative estimate of drug-likeness (QED) is 0.303. The van der Waals surface area contributed by atoms with Gasteiger partial charge in [0, 0.05) is 5.56 Å². The van der Waals surface area contributed by atoms with Crippen LogP contribution in [0.5, 0.6) is 5.75 Å². The highest BCUT2D eigenvalue weighted by Gasteiger charge is 2.14. The number of esters is 1. The fraction of sp³-hybridized carbons (Fsp3) is 0.318. The molecule has 1 aliphatic carbocycles. The lowest BCUT2D eigenvalue weighted by molar-refractivity contribution is -0.147. The first kappa shape index (κ1) is 19.6. The largest absolute Gasteiger partial charge is 0.497 e. The summed E-state index contributed by atoms with van der Waals surface area (Å²) < 4.78 is 10.0. The zero-order valence-corrected chi connectivity index (χ0v) is 15.8. The van der Waals surface area contributed by atoms with Crippen molar-refractivity contribution in [3.8, 4) is 5.75 Å². The maximum absolute atomic E-state index is 12.2. The zero-order chi connectivity index (χ0) is 19.8. The van der Waals surface area contributed by atoms with Gasteiger partial charge in [0.15, 0.2) is 12.4 Å². The van der Waals surface area contributed by atoms with E-state index in [4.69, 9.17) is 14.3 Å². The topological polar surface area (TPSA) is 74.2 Å². The number of carbonyl (C=O) groups excluding carboxylic acids is 2. The van der Waals surface area contributed by atoms with Crippen LogP contribution in [0, 0.1) is 0 Å². The number of oxime groups is 1. The van der Waals surface area contributed by atoms with Crippen LogP contribution in [-0.4, -0.2) is 38.3 Å². The second-order valence-corrected chi connectivity index (χ2v) is 6.56. The number of fused-ring (bicyclic) bond motifs is 1. The molecule has 2 aromatic rings. The SMILES string of the molecule is COc1ccc(/C=N/OCC(=O)OCC(=O)c2ccc3c(c2)CCCC3)cc1. The minimum absolute atomic E-state index is 0.219. The number of methoxy groups -OCH3 is 1. The molecule has 0 N–H and O–H groups in total. The monoisotopic (exact) mass is 381 g/mol. The molecule has 0 saturated heterocycles. The van der Waals surface area contributed by atoms with Crippen LogP contribution in [-0.2, 0) is 27.2 Å². The molecule has 0 amide bonds. The lowest BCUT2D eigenvalue weighted by atomic mass is 9.90. The Kier molecular flexibility index (Phi) is 6.78. The van der Waals surface area contributed by atoms with Crippen LogP contribution in [0.3, 0.4) is 0 Å². The van der Waals surface area contributed by atoms with Crippen molar-refractivity contribution < 1.29 is 23.9 Å². The van der Waals surface area contributed by atoms with Gasteiger partial charge in [0.1, 0.15) is 5.75 Å². The van der Waals surface area contributed by atoms with Crippen LogP contribution in [0.25, 0.3) is 0 Å². The Morgan fingerprint density at radius 3 is 2.50 bits per heavy atom. The Balaban J connectivity index is 1.41. The van der Waals surface area contributed by atoms with Gasteiger partial charge in [-0.3, -0.25) is 4.79 Å². The van der Waals surface area contributed by atoms with E-state index >= 15 is 0 Å². The van der Waals surface area contributed by atoms with Crippen molar-refractivity contribution in [1.29, 1.82) is 0 Å². The lowest BCUT2D eigenvalue weighted by Gasteiger charge is -2.16. The number of carbonyl (C=O) groups is 2. The molecule has 6 nitrogen and oxygen atoms in total. The van der Waals surface area contributed by atoms with Crippen LogP contribution in [0.2, 0.25) is 0 Å². The van der Waals surface area contributed by atoms with E-state index in [1.165, 1.54) is 23.8 Å². The van der Waals surface area contributed by atoms with Gasteiger partial charge in [-0.1, -0.05) is 17.3 Å². The summed E-state index contributed by atoms with van der Waals surface area (Å²) in [5.74, 6) is -0.119. The van der Waals surface area contributed by atoms with Crippen LogP contribution in [0.4, 0.5) is 0 Å². The highest BCUT2D eigenvalue weighted by atomic mass is 16.7. The first-order valence-corrected chi connectivity index (χ1v) is 9.26. The first-order chi connectivity index (χ1) is 13.7. The molecule has 0 heterocycles. The van der Waals surface area contributed by atoms with E-state index in [0.717, 1.165) is 30.6 Å². The molecular weight excluding hydrogens is 358 g/mol. The van der Waals surface area contributed by atoms with Gasteiger partial charge in [-0.2, -0.15) is 0 Å². The number of aryl methyl sites for hydroxylation is 2. The smallest absolute Gasteiger partial charge is 0.347 e. The number of rotatable bonds is 8. The lowest BCUT2D eigenvalue weighted by Crippen LogP contribution is -2.17. The maximum Gasteiger partial charge on any atom is 0.347 e. The van der Waals surface area contributed by atoms with Crippen molar-refractivity contribution in [2.24, 2.45) is 5.16 Å². The van der Waals surface area contributed by atoms with Crippen molar-refractivity contribution in [1.82, 2.24) is 0 Å². The Labute approximate surface area is 164 Å². The second kappa shape index (κ2) is 9.69. The van der Waals surface area contributed by atoms with Crippen molar-refractivity contribution in [2.45, 2.75) is 25.7 Å². The van der Waals surface area contributed by atoms with Gasteiger partial charge in [0.25, 0.3) is 0 Å². The Morgan fingerprint density at radius 2 is 1.75 bits per heavy atom. The summed E-state index contributed by atoms with van der Waals surface area (Å²) in [4.78, 5) is 28.9. The Morgan fingerprint density at radius 1 is 1.00 bits per heavy atom. The summed E-state index contributed by atoms with van der Waals surface area (Å²) in [5.41, 5.74) is 3.91. The third kappa shape index (κ3) is 5.42. The van der Waals surface area contributed by atoms with Gasteiger partial charge in [0.2, 0.25) is 6.61 Å². The highest BCUT2D eigenvalue weighted by molar-refractivity contribution is 5.98. The standard InChI is InChI=1S/C22H23NO5/c1-26-20-10-6-16(7-11-20)13-23-28-15-22(25)27-14-21(24)19-9-8-17-4-2-3-5-18(17)12-19/h6-13H,2-5,14-15H2,1H3/b23-13+. The molecule has 28 heavy (non-hydrogen) atoms. The minimum Gasteiger partial charge on any atom is -0.497 e. The third-order valence-electron chi connectivity index (χ3n) is 4.61. The minimum atomic E-state index is -0.641. The molecule has 0 radical (unpaired) electrons. The highest BCUT2D eigenvalue weighted by Crippen LogP contribution is 2.22. The number of hydrogen-bond donors (Lipinski definition) is 0. The van der Waals surface area contributed by atoms with Gasteiger partial charge in [-0.15, -0.1) is 0 Å². The molecule has 3 rings (SSSR count). The van der Waals surface area contributed by atoms with Gasteiger partial charge >= 0.3 is 5.97 Å². The summed E-state index contributed by atoms with van der Waals surface area (Å²) in [7, 11) is 1.59. The number of ketones is 1. The maximum atomic E-state index is 12.2. The first-order valence-electron chi connectivity index (χ1n) is 9.26. The number of nitrogens with zero attached hydrogens (tertiary/aromatic N) is 1. The summed E-state index contributed by atoms with van der Waals surface area (Å²) in [6.45, 7) is -0.659. The van der Waals surface area contributed by atoms with E-state index in [1.54, 1.807) is 37.4 Å². The van der Waals surface area contributed by atoms with Crippen LogP contribution in [0.15, 0.2) is 47.6 Å². The summed E-state index contributed by atoms with van der Waals surface area (Å²) in [5, 5.41) is 3.72. The third-order valence-corrected chi connectivity index (χ3v) is 4.61. The number of ether oxygens (including phenoxy) is 2. The predicted octanol–water partition coefficient (Wildman–Crippen LogP) is 3.35. The number of benzene rings is 2. The Hall–Kier alpha value is -3.15. The molecule has 0 spiro atoms. The molecule has 0 saturated carbocycles. The van der Waals surface area contributed by atoms with E-state index < -0.39 is 5.97 Å². The molecule has 0 bridgehead atoms. The number of Topliss-reactive ketones (excluding diaryl/α,β-unsaturated/α-hetero) is 1. The molecule has 2 aromatic carbocycles. The van der Waals surface area contributed by atoms with Gasteiger partial charge in [-0.25, -0.2) is 4.79 Å². The molecule has 0 aromatic heterocycles. The molecule has 0 unspecified atom stereocenters. The molecule has 0 fully saturated rings. The summed E-state index contributed by atoms with van der Waals surface area (Å²) in [6.07, 6.45) is 5.88. The molecular formula is C22H23NO5. The molecule has 1 aliphatic rings. The summed E-state index contributed by atoms with van der Waals surface area (Å²) in [6, 6.07) is 12.9. The van der Waals surface area contributed by atoms with E-state index in [0.29, 0.717) is 5.56 Å². The van der Waals surface area contributed by atoms with Gasteiger partial charge in [0.05, 0.1) is 13.3 Å². The fourth-order valence-corrected chi connectivity index (χ4v) is 3.06. The molecule has 146 valence electrons. The van der Waals surface area contributed by atoms with E-state index in [2.05, 4.69) is 5.16 Å². The van der Waals surface area contributed by atoms with E-state index in [-0.39, 0.29) is 19.0 Å². The fourth-order valence-electron chi connectivity index (χ4n) is 3.06. The molecule has 6 heteroatoms. The molecule has 0 atom stereocenters. The zero-order valence-electron chi connectivity index (χ0n) is 15.8. The van der Waals surface area contributed by atoms with Gasteiger partial charge in [-0.05, 0) is 72.7 Å². The van der Waals surface area contributed by atoms with Gasteiger partial charge < -0.3 is 14.3 Å². The van der Waals surface area contributed by atoms with Crippen molar-refractivity contribution in [3.05, 3.63) is 64.7 Å². The second-order valence-electron chi connectivity index (χ2n) is 6.56. The summed E-state index contributed by atoms with van der Waals surface area (Å²) >= 11 is 0. The van der Waals surface area contributed by atoms with Crippen molar-refractivity contribution in [3.63, 3.8) is 0 Å². The van der Waals surface area contributed by atoms with Crippen molar-refractivity contribution >= 4 is 18.0 Å². The van der Waals surface area contributed by atoms with Crippen molar-refractivity contribution in [2.75, 3.05) is 20.3 Å². The average molecular weight is 381 g/mol. The van der Waals surface area contributed by atoms with Crippen LogP contribution in [0.1, 0.15) is 39.9 Å². The van der Waals surface area contributed by atoms with E-state index in [1.807, 2.05) is 12.1 Å². The Bertz CT molecular complexity index is 858. The molecule has 0 aliphatic heterocycles. The van der Waals surface area contributed by atoms with Crippen LogP contribution >= 0.6 is 0 Å². The number of hydrogen-bond acceptors (Lipinski definition) is 6. The predicted molar refractivity (Wildman–Crippen MR) is 105 cm³/mol. The normalized spacial score (nSPS) is 13.0. The van der Waals surface area contributed by atoms with Crippen LogP contribution < -0.4 is 4.74 Å².